The molecule has 1 heteroatoms. The van der Waals surface area contributed by atoms with Crippen molar-refractivity contribution in [1.82, 2.24) is 4.90 Å². The van der Waals surface area contributed by atoms with Crippen molar-refractivity contribution >= 4 is 0 Å². The van der Waals surface area contributed by atoms with Gasteiger partial charge in [-0.25, -0.2) is 0 Å². The van der Waals surface area contributed by atoms with E-state index in [4.69, 9.17) is 0 Å². The van der Waals surface area contributed by atoms with Gasteiger partial charge in [-0.05, 0) is 24.8 Å². The highest BCUT2D eigenvalue weighted by atomic mass is 15.3. The van der Waals surface area contributed by atoms with Crippen LogP contribution < -0.4 is 0 Å². The fourth-order valence-electron chi connectivity index (χ4n) is 2.63. The summed E-state index contributed by atoms with van der Waals surface area (Å²) < 4.78 is 0. The lowest BCUT2D eigenvalue weighted by Crippen LogP contribution is -2.03. The first-order chi connectivity index (χ1) is 7.45. The van der Waals surface area contributed by atoms with Crippen LogP contribution in [0, 0.1) is 0 Å². The summed E-state index contributed by atoms with van der Waals surface area (Å²) in [7, 11) is 0. The van der Waals surface area contributed by atoms with Crippen LogP contribution >= 0.6 is 0 Å². The second-order valence-corrected chi connectivity index (χ2v) is 4.57. The largest absolute Gasteiger partial charge is 0.286 e. The summed E-state index contributed by atoms with van der Waals surface area (Å²) >= 11 is 0. The van der Waals surface area contributed by atoms with Crippen LogP contribution in [0.25, 0.3) is 0 Å². The predicted octanol–water partition coefficient (Wildman–Crippen LogP) is 2.98. The Morgan fingerprint density at radius 1 is 1.20 bits per heavy atom. The number of allylic oxidation sites excluding steroid dienone is 1. The molecule has 1 aromatic rings. The third-order valence-electron chi connectivity index (χ3n) is 3.53. The van der Waals surface area contributed by atoms with Crippen LogP contribution in [0.3, 0.4) is 0 Å². The van der Waals surface area contributed by atoms with Crippen LogP contribution in [0.2, 0.25) is 0 Å². The molecule has 3 rings (SSSR count). The van der Waals surface area contributed by atoms with Gasteiger partial charge in [0.15, 0.2) is 0 Å². The molecule has 0 aromatic heterocycles. The molecule has 1 nitrogen and oxygen atoms in total. The molecule has 1 saturated heterocycles. The summed E-state index contributed by atoms with van der Waals surface area (Å²) in [5.41, 5.74) is 1.44. The number of nitrogens with zero attached hydrogens (tertiary/aromatic N) is 1. The van der Waals surface area contributed by atoms with Gasteiger partial charge >= 0.3 is 0 Å². The first-order valence-electron chi connectivity index (χ1n) is 5.91. The van der Waals surface area contributed by atoms with Crippen molar-refractivity contribution in [2.75, 3.05) is 0 Å². The summed E-state index contributed by atoms with van der Waals surface area (Å²) in [5, 5.41) is 0. The quantitative estimate of drug-likeness (QED) is 0.522. The van der Waals surface area contributed by atoms with Gasteiger partial charge in [-0.2, -0.15) is 0 Å². The Morgan fingerprint density at radius 3 is 2.93 bits per heavy atom. The maximum atomic E-state index is 2.60. The molecule has 0 amide bonds. The van der Waals surface area contributed by atoms with Gasteiger partial charge in [0.25, 0.3) is 0 Å². The third kappa shape index (κ3) is 1.84. The van der Waals surface area contributed by atoms with E-state index in [-0.39, 0.29) is 0 Å². The van der Waals surface area contributed by atoms with Crippen molar-refractivity contribution in [2.45, 2.75) is 37.9 Å². The van der Waals surface area contributed by atoms with Crippen LogP contribution in [0.5, 0.6) is 0 Å². The van der Waals surface area contributed by atoms with Crippen LogP contribution in [-0.4, -0.2) is 17.0 Å². The second-order valence-electron chi connectivity index (χ2n) is 4.57. The Kier molecular flexibility index (Phi) is 2.34. The van der Waals surface area contributed by atoms with Gasteiger partial charge in [-0.3, -0.25) is 4.90 Å². The molecule has 1 aliphatic carbocycles. The molecule has 0 bridgehead atoms. The fraction of sp³-hybridized carbons (Fsp3) is 0.429. The number of rotatable bonds is 2. The lowest BCUT2D eigenvalue weighted by molar-refractivity contribution is 0.467. The number of hydrogen-bond donors (Lipinski definition) is 0. The van der Waals surface area contributed by atoms with Crippen LogP contribution in [0.4, 0.5) is 0 Å². The maximum absolute atomic E-state index is 2.60. The molecule has 0 radical (unpaired) electrons. The molecule has 78 valence electrons. The molecule has 15 heavy (non-hydrogen) atoms. The molecule has 0 spiro atoms. The minimum Gasteiger partial charge on any atom is -0.286 e. The molecular formula is C14H17N. The molecule has 0 saturated carbocycles. The molecular weight excluding hydrogens is 182 g/mol. The van der Waals surface area contributed by atoms with Crippen molar-refractivity contribution < 1.29 is 0 Å². The van der Waals surface area contributed by atoms with E-state index in [2.05, 4.69) is 47.4 Å². The highest BCUT2D eigenvalue weighted by molar-refractivity contribution is 5.21. The summed E-state index contributed by atoms with van der Waals surface area (Å²) in [6.07, 6.45) is 8.79. The number of hydrogen-bond acceptors (Lipinski definition) is 1. The van der Waals surface area contributed by atoms with Crippen molar-refractivity contribution in [3.8, 4) is 0 Å². The summed E-state index contributed by atoms with van der Waals surface area (Å²) in [4.78, 5) is 2.60. The Labute approximate surface area is 91.4 Å². The van der Waals surface area contributed by atoms with E-state index in [0.717, 1.165) is 18.6 Å². The van der Waals surface area contributed by atoms with Gasteiger partial charge in [-0.15, -0.1) is 0 Å². The molecule has 1 aromatic carbocycles. The molecule has 1 heterocycles. The molecule has 3 unspecified atom stereocenters. The van der Waals surface area contributed by atoms with Crippen molar-refractivity contribution in [3.05, 3.63) is 48.0 Å². The Hall–Kier alpha value is -1.08. The molecule has 1 fully saturated rings. The first-order valence-corrected chi connectivity index (χ1v) is 5.91. The highest BCUT2D eigenvalue weighted by Crippen LogP contribution is 2.37. The van der Waals surface area contributed by atoms with Crippen LogP contribution in [0.1, 0.15) is 24.8 Å². The topological polar surface area (TPSA) is 3.01 Å². The van der Waals surface area contributed by atoms with E-state index in [0.29, 0.717) is 0 Å². The number of fused-ring (bicyclic) bond motifs is 1. The normalized spacial score (nSPS) is 33.2. The summed E-state index contributed by atoms with van der Waals surface area (Å²) in [5.74, 6) is 0. The Bertz CT molecular complexity index is 355. The maximum Gasteiger partial charge on any atom is 0.0441 e. The van der Waals surface area contributed by atoms with Gasteiger partial charge in [0.05, 0.1) is 0 Å². The van der Waals surface area contributed by atoms with E-state index in [1.807, 2.05) is 0 Å². The third-order valence-corrected chi connectivity index (χ3v) is 3.53. The monoisotopic (exact) mass is 199 g/mol. The van der Waals surface area contributed by atoms with Gasteiger partial charge in [0.2, 0.25) is 0 Å². The van der Waals surface area contributed by atoms with E-state index in [1.54, 1.807) is 0 Å². The number of benzene rings is 1. The summed E-state index contributed by atoms with van der Waals surface area (Å²) in [6, 6.07) is 12.4. The Morgan fingerprint density at radius 2 is 2.07 bits per heavy atom. The SMILES string of the molecule is C1=CC2C(CCC1)N2Cc1ccccc1. The molecule has 1 aliphatic heterocycles. The highest BCUT2D eigenvalue weighted by Gasteiger charge is 2.44. The zero-order chi connectivity index (χ0) is 10.1. The zero-order valence-corrected chi connectivity index (χ0v) is 8.97. The second kappa shape index (κ2) is 3.82. The average Bonchev–Trinajstić information content (AvgIpc) is 2.97. The minimum atomic E-state index is 0.743. The standard InChI is InChI=1S/C14H17N/c1-3-7-12(8-4-1)11-15-13-9-5-2-6-10-14(13)15/h1,3-5,7-9,13-14H,2,6,10-11H2. The molecule has 2 aliphatic rings. The predicted molar refractivity (Wildman–Crippen MR) is 62.6 cm³/mol. The first kappa shape index (κ1) is 9.17. The van der Waals surface area contributed by atoms with Gasteiger partial charge in [0.1, 0.15) is 0 Å². The smallest absolute Gasteiger partial charge is 0.0441 e. The lowest BCUT2D eigenvalue weighted by Gasteiger charge is -2.04. The Balaban J connectivity index is 1.67. The summed E-state index contributed by atoms with van der Waals surface area (Å²) in [6.45, 7) is 1.13. The lowest BCUT2D eigenvalue weighted by atomic mass is 10.2. The molecule has 3 atom stereocenters. The minimum absolute atomic E-state index is 0.743. The van der Waals surface area contributed by atoms with E-state index in [1.165, 1.54) is 24.8 Å². The van der Waals surface area contributed by atoms with Gasteiger partial charge < -0.3 is 0 Å². The van der Waals surface area contributed by atoms with E-state index < -0.39 is 0 Å². The van der Waals surface area contributed by atoms with Gasteiger partial charge in [-0.1, -0.05) is 42.5 Å². The van der Waals surface area contributed by atoms with Crippen molar-refractivity contribution in [3.63, 3.8) is 0 Å². The zero-order valence-electron chi connectivity index (χ0n) is 8.97. The molecule has 0 N–H and O–H groups in total. The van der Waals surface area contributed by atoms with Crippen molar-refractivity contribution in [1.29, 1.82) is 0 Å². The van der Waals surface area contributed by atoms with E-state index in [9.17, 15) is 0 Å². The fourth-order valence-corrected chi connectivity index (χ4v) is 2.63. The van der Waals surface area contributed by atoms with Crippen molar-refractivity contribution in [2.24, 2.45) is 0 Å². The van der Waals surface area contributed by atoms with Gasteiger partial charge in [0, 0.05) is 18.6 Å². The van der Waals surface area contributed by atoms with Crippen LogP contribution in [0.15, 0.2) is 42.5 Å². The van der Waals surface area contributed by atoms with Crippen LogP contribution in [-0.2, 0) is 6.54 Å². The average molecular weight is 199 g/mol. The van der Waals surface area contributed by atoms with E-state index >= 15 is 0 Å².